The maximum Gasteiger partial charge on any atom is 0.413 e. The molecule has 33 heavy (non-hydrogen) atoms. The molecule has 3 rings (SSSR count). The van der Waals surface area contributed by atoms with Crippen LogP contribution in [0, 0.1) is 5.92 Å². The molecule has 9 heteroatoms. The number of rotatable bonds is 8. The smallest absolute Gasteiger partial charge is 0.413 e. The number of anilines is 1. The highest BCUT2D eigenvalue weighted by Crippen LogP contribution is 2.31. The summed E-state index contributed by atoms with van der Waals surface area (Å²) in [6.45, 7) is 5.31. The summed E-state index contributed by atoms with van der Waals surface area (Å²) in [5.74, 6) is 1.51. The molecule has 0 bridgehead atoms. The lowest BCUT2D eigenvalue weighted by Crippen LogP contribution is -2.40. The molecule has 1 unspecified atom stereocenters. The normalized spacial score (nSPS) is 16.2. The molecule has 2 aromatic carbocycles. The van der Waals surface area contributed by atoms with Gasteiger partial charge in [0.15, 0.2) is 17.7 Å². The Balaban J connectivity index is 1.65. The molecule has 0 radical (unpaired) electrons. The number of ether oxygens (including phenoxy) is 3. The monoisotopic (exact) mass is 493 g/mol. The van der Waals surface area contributed by atoms with Gasteiger partial charge < -0.3 is 14.2 Å². The van der Waals surface area contributed by atoms with Crippen LogP contribution in [-0.4, -0.2) is 43.8 Å². The van der Waals surface area contributed by atoms with Gasteiger partial charge in [-0.2, -0.15) is 5.10 Å². The minimum Gasteiger partial charge on any atom is -0.493 e. The van der Waals surface area contributed by atoms with Gasteiger partial charge in [0.1, 0.15) is 0 Å². The van der Waals surface area contributed by atoms with Gasteiger partial charge in [-0.05, 0) is 43.0 Å². The largest absolute Gasteiger partial charge is 0.493 e. The van der Waals surface area contributed by atoms with Crippen LogP contribution in [0.2, 0.25) is 10.0 Å². The number of amides is 1. The van der Waals surface area contributed by atoms with E-state index in [1.807, 2.05) is 0 Å². The van der Waals surface area contributed by atoms with Crippen LogP contribution in [0.5, 0.6) is 11.5 Å². The van der Waals surface area contributed by atoms with Gasteiger partial charge in [-0.15, -0.1) is 0 Å². The highest BCUT2D eigenvalue weighted by atomic mass is 35.5. The van der Waals surface area contributed by atoms with Crippen molar-refractivity contribution in [1.29, 1.82) is 0 Å². The van der Waals surface area contributed by atoms with Gasteiger partial charge in [-0.1, -0.05) is 43.1 Å². The predicted octanol–water partition coefficient (Wildman–Crippen LogP) is 6.43. The van der Waals surface area contributed by atoms with E-state index in [-0.39, 0.29) is 0 Å². The average molecular weight is 494 g/mol. The van der Waals surface area contributed by atoms with Crippen molar-refractivity contribution in [2.75, 3.05) is 25.6 Å². The first-order valence-electron chi connectivity index (χ1n) is 10.9. The number of methoxy groups -OCH3 is 1. The number of piperidine rings is 1. The molecule has 1 fully saturated rings. The molecule has 1 N–H and O–H groups in total. The lowest BCUT2D eigenvalue weighted by Gasteiger charge is -2.32. The molecule has 0 aromatic heterocycles. The second kappa shape index (κ2) is 12.0. The molecule has 0 spiro atoms. The highest BCUT2D eigenvalue weighted by molar-refractivity contribution is 6.38. The Morgan fingerprint density at radius 2 is 1.97 bits per heavy atom. The van der Waals surface area contributed by atoms with Crippen LogP contribution in [0.15, 0.2) is 41.5 Å². The van der Waals surface area contributed by atoms with Gasteiger partial charge in [-0.25, -0.2) is 4.79 Å². The van der Waals surface area contributed by atoms with Gasteiger partial charge in [0.2, 0.25) is 0 Å². The van der Waals surface area contributed by atoms with Crippen molar-refractivity contribution >= 4 is 41.2 Å². The molecule has 1 aliphatic heterocycles. The Bertz CT molecular complexity index is 964. The quantitative estimate of drug-likeness (QED) is 0.428. The fraction of sp³-hybridized carbons (Fsp3) is 0.417. The van der Waals surface area contributed by atoms with Crippen molar-refractivity contribution in [1.82, 2.24) is 5.01 Å². The zero-order valence-electron chi connectivity index (χ0n) is 19.0. The summed E-state index contributed by atoms with van der Waals surface area (Å²) in [6, 6.07) is 10.5. The third kappa shape index (κ3) is 7.17. The first-order chi connectivity index (χ1) is 15.9. The van der Waals surface area contributed by atoms with Crippen LogP contribution in [0.1, 0.15) is 38.7 Å². The van der Waals surface area contributed by atoms with Crippen molar-refractivity contribution in [2.24, 2.45) is 11.0 Å². The molecule has 0 saturated carbocycles. The van der Waals surface area contributed by atoms with Crippen LogP contribution < -0.4 is 14.8 Å². The molecule has 0 aliphatic carbocycles. The number of benzene rings is 2. The summed E-state index contributed by atoms with van der Waals surface area (Å²) < 4.78 is 16.8. The van der Waals surface area contributed by atoms with Crippen molar-refractivity contribution in [3.8, 4) is 11.5 Å². The minimum atomic E-state index is -0.571. The number of hydrogen-bond donors (Lipinski definition) is 1. The van der Waals surface area contributed by atoms with Crippen LogP contribution in [0.3, 0.4) is 0 Å². The molecular formula is C24H29Cl2N3O4. The summed E-state index contributed by atoms with van der Waals surface area (Å²) in [6.07, 6.45) is 3.10. The fourth-order valence-corrected chi connectivity index (χ4v) is 3.79. The van der Waals surface area contributed by atoms with E-state index in [4.69, 9.17) is 37.4 Å². The topological polar surface area (TPSA) is 72.4 Å². The number of halogens is 2. The fourth-order valence-electron chi connectivity index (χ4n) is 3.30. The van der Waals surface area contributed by atoms with Gasteiger partial charge in [0, 0.05) is 30.3 Å². The molecule has 1 amide bonds. The zero-order valence-corrected chi connectivity index (χ0v) is 20.5. The standard InChI is InChI=1S/C24H29Cl2N3O4/c1-16(2)15-32-22-13-17(10-11-21(22)31-3)28-24(30)33-23-9-4-5-12-29(23)27-14-18-19(25)7-6-8-20(18)26/h6-8,10-11,13-14,16,23H,4-5,9,12,15H2,1-3H3,(H,28,30). The van der Waals surface area contributed by atoms with E-state index in [9.17, 15) is 4.79 Å². The van der Waals surface area contributed by atoms with E-state index in [0.29, 0.717) is 58.3 Å². The number of nitrogens with one attached hydrogen (secondary N) is 1. The summed E-state index contributed by atoms with van der Waals surface area (Å²) in [5, 5.41) is 10.0. The predicted molar refractivity (Wildman–Crippen MR) is 132 cm³/mol. The molecule has 1 heterocycles. The Hall–Kier alpha value is -2.64. The Morgan fingerprint density at radius 1 is 1.21 bits per heavy atom. The number of hydrogen-bond acceptors (Lipinski definition) is 6. The number of nitrogens with zero attached hydrogens (tertiary/aromatic N) is 2. The van der Waals surface area contributed by atoms with Gasteiger partial charge in [-0.3, -0.25) is 10.3 Å². The summed E-state index contributed by atoms with van der Waals surface area (Å²) in [4.78, 5) is 12.6. The second-order valence-corrected chi connectivity index (χ2v) is 8.91. The summed E-state index contributed by atoms with van der Waals surface area (Å²) in [5.41, 5.74) is 1.18. The molecule has 178 valence electrons. The molecule has 1 aliphatic rings. The first-order valence-corrected chi connectivity index (χ1v) is 11.7. The van der Waals surface area contributed by atoms with Gasteiger partial charge in [0.25, 0.3) is 0 Å². The van der Waals surface area contributed by atoms with Crippen molar-refractivity contribution < 1.29 is 19.0 Å². The van der Waals surface area contributed by atoms with E-state index >= 15 is 0 Å². The molecule has 7 nitrogen and oxygen atoms in total. The molecule has 2 aromatic rings. The molecule has 1 saturated heterocycles. The second-order valence-electron chi connectivity index (χ2n) is 8.09. The summed E-state index contributed by atoms with van der Waals surface area (Å²) >= 11 is 12.4. The van der Waals surface area contributed by atoms with Crippen molar-refractivity contribution in [2.45, 2.75) is 39.3 Å². The number of hydrazone groups is 1. The SMILES string of the molecule is COc1ccc(NC(=O)OC2CCCCN2N=Cc2c(Cl)cccc2Cl)cc1OCC(C)C. The lowest BCUT2D eigenvalue weighted by atomic mass is 10.1. The van der Waals surface area contributed by atoms with Crippen LogP contribution in [0.4, 0.5) is 10.5 Å². The molecular weight excluding hydrogens is 465 g/mol. The average Bonchev–Trinajstić information content (AvgIpc) is 2.78. The van der Waals surface area contributed by atoms with Crippen LogP contribution >= 0.6 is 23.2 Å². The first kappa shape index (κ1) is 25.0. The van der Waals surface area contributed by atoms with E-state index in [1.54, 1.807) is 54.7 Å². The lowest BCUT2D eigenvalue weighted by molar-refractivity contribution is -0.0297. The Kier molecular flexibility index (Phi) is 9.09. The van der Waals surface area contributed by atoms with E-state index in [1.165, 1.54) is 0 Å². The van der Waals surface area contributed by atoms with Crippen molar-refractivity contribution in [3.05, 3.63) is 52.0 Å². The maximum absolute atomic E-state index is 12.6. The van der Waals surface area contributed by atoms with Crippen molar-refractivity contribution in [3.63, 3.8) is 0 Å². The van der Waals surface area contributed by atoms with Gasteiger partial charge in [0.05, 0.1) is 30.0 Å². The highest BCUT2D eigenvalue weighted by Gasteiger charge is 2.25. The third-order valence-electron chi connectivity index (χ3n) is 4.98. The van der Waals surface area contributed by atoms with Gasteiger partial charge >= 0.3 is 6.09 Å². The Labute approximate surface area is 204 Å². The third-order valence-corrected chi connectivity index (χ3v) is 5.64. The van der Waals surface area contributed by atoms with Crippen LogP contribution in [0.25, 0.3) is 0 Å². The van der Waals surface area contributed by atoms with E-state index in [0.717, 1.165) is 12.8 Å². The molecule has 1 atom stereocenters. The number of carbonyl (C=O) groups is 1. The zero-order chi connectivity index (χ0) is 23.8. The summed E-state index contributed by atoms with van der Waals surface area (Å²) in [7, 11) is 1.58. The van der Waals surface area contributed by atoms with Crippen LogP contribution in [-0.2, 0) is 4.74 Å². The Morgan fingerprint density at radius 3 is 2.67 bits per heavy atom. The maximum atomic E-state index is 12.6. The minimum absolute atomic E-state index is 0.356. The number of carbonyl (C=O) groups excluding carboxylic acids is 1. The van der Waals surface area contributed by atoms with E-state index in [2.05, 4.69) is 24.3 Å². The van der Waals surface area contributed by atoms with E-state index < -0.39 is 12.3 Å².